The van der Waals surface area contributed by atoms with Gasteiger partial charge in [-0.1, -0.05) is 15.3 Å². The molecule has 1 unspecified atom stereocenters. The summed E-state index contributed by atoms with van der Waals surface area (Å²) in [6, 6.07) is 15.0. The molecule has 1 amide bonds. The molecule has 1 aromatic heterocycles. The molecule has 0 radical (unpaired) electrons. The number of hydrogen-bond donors (Lipinski definition) is 1. The smallest absolute Gasteiger partial charge is 0.283 e. The molecule has 2 aromatic carbocycles. The molecule has 29 heavy (non-hydrogen) atoms. The molecule has 0 fully saturated rings. The van der Waals surface area contributed by atoms with Crippen molar-refractivity contribution in [1.82, 2.24) is 10.3 Å². The van der Waals surface area contributed by atoms with Crippen LogP contribution >= 0.6 is 9.24 Å². The van der Waals surface area contributed by atoms with Crippen molar-refractivity contribution in [2.75, 3.05) is 7.05 Å². The van der Waals surface area contributed by atoms with Gasteiger partial charge in [0.25, 0.3) is 11.6 Å². The summed E-state index contributed by atoms with van der Waals surface area (Å²) < 4.78 is 32.2. The Morgan fingerprint density at radius 1 is 1.14 bits per heavy atom. The van der Waals surface area contributed by atoms with E-state index in [1.54, 1.807) is 19.3 Å². The number of benzene rings is 2. The number of aryl methyl sites for hydroxylation is 1. The molecule has 1 atom stereocenters. The fraction of sp³-hybridized carbons (Fsp3) is 0.182. The van der Waals surface area contributed by atoms with Gasteiger partial charge in [-0.2, -0.15) is 8.78 Å². The van der Waals surface area contributed by atoms with Gasteiger partial charge in [0.2, 0.25) is 0 Å². The first kappa shape index (κ1) is 20.9. The number of pyridine rings is 1. The standard InChI is InChI=1S/C22H21F2N2O2P/c1-14-11-16(3-8-19(14)21(27)25-2)20-12-15(9-10-26-20)13-28-18-6-4-17(5-7-18)22(23,24)29/h3-12H,13,29H2,1-2H3,(H,25,27). The van der Waals surface area contributed by atoms with Crippen molar-refractivity contribution in [2.24, 2.45) is 0 Å². The Bertz CT molecular complexity index is 1020. The summed E-state index contributed by atoms with van der Waals surface area (Å²) in [4.78, 5) is 16.2. The van der Waals surface area contributed by atoms with Crippen molar-refractivity contribution in [1.29, 1.82) is 0 Å². The van der Waals surface area contributed by atoms with Crippen LogP contribution in [-0.4, -0.2) is 17.9 Å². The van der Waals surface area contributed by atoms with E-state index < -0.39 is 5.66 Å². The first-order chi connectivity index (χ1) is 13.8. The molecule has 7 heteroatoms. The van der Waals surface area contributed by atoms with Crippen molar-refractivity contribution in [3.8, 4) is 17.0 Å². The van der Waals surface area contributed by atoms with Crippen LogP contribution in [0.1, 0.15) is 27.0 Å². The van der Waals surface area contributed by atoms with E-state index in [2.05, 4.69) is 10.3 Å². The molecule has 0 aliphatic carbocycles. The number of ether oxygens (including phenoxy) is 1. The van der Waals surface area contributed by atoms with E-state index in [0.29, 0.717) is 11.3 Å². The topological polar surface area (TPSA) is 51.2 Å². The molecule has 0 aliphatic heterocycles. The summed E-state index contributed by atoms with van der Waals surface area (Å²) in [5, 5.41) is 2.62. The lowest BCUT2D eigenvalue weighted by atomic mass is 10.0. The maximum Gasteiger partial charge on any atom is 0.283 e. The number of aromatic nitrogens is 1. The van der Waals surface area contributed by atoms with E-state index in [0.717, 1.165) is 22.4 Å². The van der Waals surface area contributed by atoms with Gasteiger partial charge >= 0.3 is 0 Å². The highest BCUT2D eigenvalue weighted by Gasteiger charge is 2.23. The monoisotopic (exact) mass is 414 g/mol. The fourth-order valence-corrected chi connectivity index (χ4v) is 3.07. The molecule has 3 aromatic rings. The van der Waals surface area contributed by atoms with E-state index in [9.17, 15) is 13.6 Å². The minimum absolute atomic E-state index is 0.0865. The van der Waals surface area contributed by atoms with Gasteiger partial charge in [-0.15, -0.1) is 0 Å². The zero-order chi connectivity index (χ0) is 21.0. The third kappa shape index (κ3) is 5.15. The number of amides is 1. The molecular formula is C22H21F2N2O2P. The molecule has 3 rings (SSSR count). The molecule has 0 saturated carbocycles. The second-order valence-corrected chi connectivity index (χ2v) is 7.32. The normalized spacial score (nSPS) is 11.2. The first-order valence-electron chi connectivity index (χ1n) is 8.96. The summed E-state index contributed by atoms with van der Waals surface area (Å²) in [5.74, 6) is 0.377. The molecule has 4 nitrogen and oxygen atoms in total. The van der Waals surface area contributed by atoms with Crippen LogP contribution in [0.2, 0.25) is 0 Å². The number of carbonyl (C=O) groups excluding carboxylic acids is 1. The SMILES string of the molecule is CNC(=O)c1ccc(-c2cc(COc3ccc(C(F)(F)P)cc3)ccn2)cc1C. The molecule has 150 valence electrons. The van der Waals surface area contributed by atoms with Crippen LogP contribution in [0.4, 0.5) is 8.78 Å². The number of nitrogens with one attached hydrogen (secondary N) is 1. The van der Waals surface area contributed by atoms with E-state index in [-0.39, 0.29) is 18.1 Å². The highest BCUT2D eigenvalue weighted by atomic mass is 31.0. The number of nitrogens with zero attached hydrogens (tertiary/aromatic N) is 1. The largest absolute Gasteiger partial charge is 0.489 e. The summed E-state index contributed by atoms with van der Waals surface area (Å²) in [6.45, 7) is 2.16. The lowest BCUT2D eigenvalue weighted by Gasteiger charge is -2.12. The summed E-state index contributed by atoms with van der Waals surface area (Å²) in [5.41, 5.74) is 0.982. The highest BCUT2D eigenvalue weighted by Crippen LogP contribution is 2.35. The lowest BCUT2D eigenvalue weighted by Crippen LogP contribution is -2.18. The number of alkyl halides is 2. The molecule has 1 heterocycles. The third-order valence-electron chi connectivity index (χ3n) is 4.46. The molecule has 0 saturated heterocycles. The van der Waals surface area contributed by atoms with Crippen molar-refractivity contribution in [3.63, 3.8) is 0 Å². The maximum atomic E-state index is 13.3. The lowest BCUT2D eigenvalue weighted by molar-refractivity contribution is 0.0962. The Hall–Kier alpha value is -2.85. The van der Waals surface area contributed by atoms with Gasteiger partial charge in [0.1, 0.15) is 12.4 Å². The number of rotatable bonds is 6. The van der Waals surface area contributed by atoms with E-state index >= 15 is 0 Å². The van der Waals surface area contributed by atoms with Crippen molar-refractivity contribution in [3.05, 3.63) is 83.0 Å². The first-order valence-corrected chi connectivity index (χ1v) is 9.54. The number of hydrogen-bond acceptors (Lipinski definition) is 3. The van der Waals surface area contributed by atoms with Crippen LogP contribution in [-0.2, 0) is 12.3 Å². The van der Waals surface area contributed by atoms with Crippen LogP contribution in [0.15, 0.2) is 60.8 Å². The Morgan fingerprint density at radius 2 is 1.86 bits per heavy atom. The Labute approximate surface area is 170 Å². The minimum Gasteiger partial charge on any atom is -0.489 e. The van der Waals surface area contributed by atoms with Crippen molar-refractivity contribution < 1.29 is 18.3 Å². The quantitative estimate of drug-likeness (QED) is 0.583. The Kier molecular flexibility index (Phi) is 6.23. The van der Waals surface area contributed by atoms with Crippen LogP contribution in [0.25, 0.3) is 11.3 Å². The Morgan fingerprint density at radius 3 is 2.48 bits per heavy atom. The van der Waals surface area contributed by atoms with E-state index in [4.69, 9.17) is 4.74 Å². The van der Waals surface area contributed by atoms with Gasteiger partial charge in [-0.05, 0) is 66.6 Å². The van der Waals surface area contributed by atoms with Gasteiger partial charge in [-0.3, -0.25) is 9.78 Å². The van der Waals surface area contributed by atoms with Crippen LogP contribution in [0.5, 0.6) is 5.75 Å². The number of halogens is 2. The maximum absolute atomic E-state index is 13.3. The van der Waals surface area contributed by atoms with Crippen LogP contribution < -0.4 is 10.1 Å². The van der Waals surface area contributed by atoms with Crippen molar-refractivity contribution >= 4 is 15.1 Å². The van der Waals surface area contributed by atoms with Gasteiger partial charge in [0.05, 0.1) is 5.69 Å². The molecule has 1 N–H and O–H groups in total. The molecule has 0 spiro atoms. The minimum atomic E-state index is -2.95. The number of carbonyl (C=O) groups is 1. The van der Waals surface area contributed by atoms with Gasteiger partial charge < -0.3 is 10.1 Å². The third-order valence-corrected chi connectivity index (χ3v) is 4.80. The second-order valence-electron chi connectivity index (χ2n) is 6.59. The average Bonchev–Trinajstić information content (AvgIpc) is 2.71. The zero-order valence-electron chi connectivity index (χ0n) is 16.1. The molecule has 0 bridgehead atoms. The van der Waals surface area contributed by atoms with Gasteiger partial charge in [-0.25, -0.2) is 0 Å². The van der Waals surface area contributed by atoms with Gasteiger partial charge in [0, 0.05) is 29.9 Å². The predicted molar refractivity (Wildman–Crippen MR) is 112 cm³/mol. The van der Waals surface area contributed by atoms with E-state index in [1.165, 1.54) is 33.5 Å². The van der Waals surface area contributed by atoms with Crippen molar-refractivity contribution in [2.45, 2.75) is 19.2 Å². The predicted octanol–water partition coefficient (Wildman–Crippen LogP) is 4.92. The zero-order valence-corrected chi connectivity index (χ0v) is 17.2. The molecule has 0 aliphatic rings. The average molecular weight is 414 g/mol. The summed E-state index contributed by atoms with van der Waals surface area (Å²) in [7, 11) is 3.12. The Balaban J connectivity index is 1.73. The summed E-state index contributed by atoms with van der Waals surface area (Å²) >= 11 is 0. The fourth-order valence-electron chi connectivity index (χ4n) is 2.87. The van der Waals surface area contributed by atoms with E-state index in [1.807, 2.05) is 31.2 Å². The van der Waals surface area contributed by atoms with Crippen LogP contribution in [0.3, 0.4) is 0 Å². The second kappa shape index (κ2) is 8.66. The summed E-state index contributed by atoms with van der Waals surface area (Å²) in [6.07, 6.45) is 1.69. The van der Waals surface area contributed by atoms with Crippen LogP contribution in [0, 0.1) is 6.92 Å². The molecular weight excluding hydrogens is 393 g/mol. The van der Waals surface area contributed by atoms with Gasteiger partial charge in [0.15, 0.2) is 0 Å². The highest BCUT2D eigenvalue weighted by molar-refractivity contribution is 7.17.